The standard InChI is InChI=1S/C30H44N2O5/c1-10-29(3,4)22-14-15-24(23(18-22)30(5,6)11-2)37-16-12-13-28(33)32-31-20-21-17-26(35-8)27(36-9)19-25(21)34-7/h14-15,17-20H,10-13,16H2,1-9H3,(H,32,33)/b31-20+. The van der Waals surface area contributed by atoms with Gasteiger partial charge in [0.1, 0.15) is 11.5 Å². The largest absolute Gasteiger partial charge is 0.496 e. The van der Waals surface area contributed by atoms with Crippen molar-refractivity contribution in [1.29, 1.82) is 0 Å². The lowest BCUT2D eigenvalue weighted by atomic mass is 9.76. The molecule has 1 amide bonds. The second kappa shape index (κ2) is 13.4. The Kier molecular flexibility index (Phi) is 10.8. The van der Waals surface area contributed by atoms with Gasteiger partial charge in [0.05, 0.1) is 34.2 Å². The maximum absolute atomic E-state index is 12.3. The van der Waals surface area contributed by atoms with Gasteiger partial charge in [-0.25, -0.2) is 5.43 Å². The first-order chi connectivity index (χ1) is 17.5. The minimum absolute atomic E-state index is 0.00749. The molecule has 0 saturated heterocycles. The number of carbonyl (C=O) groups excluding carboxylic acids is 1. The smallest absolute Gasteiger partial charge is 0.240 e. The summed E-state index contributed by atoms with van der Waals surface area (Å²) in [5.74, 6) is 2.36. The first-order valence-electron chi connectivity index (χ1n) is 12.9. The average molecular weight is 513 g/mol. The zero-order valence-electron chi connectivity index (χ0n) is 24.0. The van der Waals surface area contributed by atoms with Crippen LogP contribution in [0.3, 0.4) is 0 Å². The van der Waals surface area contributed by atoms with Crippen molar-refractivity contribution in [3.05, 3.63) is 47.0 Å². The molecule has 0 aliphatic carbocycles. The lowest BCUT2D eigenvalue weighted by Gasteiger charge is -2.30. The molecule has 2 aromatic carbocycles. The van der Waals surface area contributed by atoms with Crippen LogP contribution in [-0.2, 0) is 15.6 Å². The Morgan fingerprint density at radius 3 is 2.08 bits per heavy atom. The molecular formula is C30H44N2O5. The Bertz CT molecular complexity index is 1080. The molecule has 7 nitrogen and oxygen atoms in total. The zero-order chi connectivity index (χ0) is 27.6. The maximum atomic E-state index is 12.3. The number of benzene rings is 2. The summed E-state index contributed by atoms with van der Waals surface area (Å²) in [5, 5.41) is 4.07. The molecule has 2 aromatic rings. The van der Waals surface area contributed by atoms with Gasteiger partial charge in [0.25, 0.3) is 0 Å². The molecule has 0 fully saturated rings. The van der Waals surface area contributed by atoms with Crippen LogP contribution in [0.2, 0.25) is 0 Å². The number of rotatable bonds is 14. The predicted molar refractivity (Wildman–Crippen MR) is 150 cm³/mol. The third-order valence-corrected chi connectivity index (χ3v) is 7.19. The summed E-state index contributed by atoms with van der Waals surface area (Å²) in [6, 6.07) is 10.00. The molecule has 0 saturated carbocycles. The molecule has 0 spiro atoms. The molecule has 0 radical (unpaired) electrons. The molecule has 0 bridgehead atoms. The molecule has 37 heavy (non-hydrogen) atoms. The Labute approximate surface area is 222 Å². The van der Waals surface area contributed by atoms with Crippen molar-refractivity contribution in [3.8, 4) is 23.0 Å². The summed E-state index contributed by atoms with van der Waals surface area (Å²) >= 11 is 0. The number of methoxy groups -OCH3 is 3. The number of hydrazone groups is 1. The Morgan fingerprint density at radius 2 is 1.49 bits per heavy atom. The first-order valence-corrected chi connectivity index (χ1v) is 12.9. The average Bonchev–Trinajstić information content (AvgIpc) is 2.90. The molecule has 0 aliphatic rings. The molecule has 0 aromatic heterocycles. The van der Waals surface area contributed by atoms with E-state index in [1.54, 1.807) is 33.5 Å². The van der Waals surface area contributed by atoms with Crippen molar-refractivity contribution in [1.82, 2.24) is 5.43 Å². The van der Waals surface area contributed by atoms with Gasteiger partial charge in [-0.3, -0.25) is 4.79 Å². The molecule has 0 atom stereocenters. The van der Waals surface area contributed by atoms with Crippen LogP contribution in [0.25, 0.3) is 0 Å². The first kappa shape index (κ1) is 30.0. The highest BCUT2D eigenvalue weighted by atomic mass is 16.5. The number of hydrogen-bond donors (Lipinski definition) is 1. The molecule has 2 rings (SSSR count). The Morgan fingerprint density at radius 1 is 0.865 bits per heavy atom. The maximum Gasteiger partial charge on any atom is 0.240 e. The minimum atomic E-state index is -0.187. The van der Waals surface area contributed by atoms with Gasteiger partial charge >= 0.3 is 0 Å². The molecule has 204 valence electrons. The third-order valence-electron chi connectivity index (χ3n) is 7.19. The summed E-state index contributed by atoms with van der Waals surface area (Å²) in [7, 11) is 4.67. The SMILES string of the molecule is CCC(C)(C)c1ccc(OCCCC(=O)N/N=C/c2cc(OC)c(OC)cc2OC)c(C(C)(C)CC)c1. The van der Waals surface area contributed by atoms with Crippen molar-refractivity contribution < 1.29 is 23.7 Å². The van der Waals surface area contributed by atoms with Crippen molar-refractivity contribution in [2.24, 2.45) is 5.10 Å². The van der Waals surface area contributed by atoms with Crippen LogP contribution >= 0.6 is 0 Å². The summed E-state index contributed by atoms with van der Waals surface area (Å²) in [5.41, 5.74) is 5.86. The highest BCUT2D eigenvalue weighted by Gasteiger charge is 2.26. The van der Waals surface area contributed by atoms with Gasteiger partial charge in [-0.1, -0.05) is 53.7 Å². The quantitative estimate of drug-likeness (QED) is 0.180. The van der Waals surface area contributed by atoms with Crippen LogP contribution in [-0.4, -0.2) is 40.1 Å². The fourth-order valence-electron chi connectivity index (χ4n) is 3.80. The second-order valence-corrected chi connectivity index (χ2v) is 10.4. The van der Waals surface area contributed by atoms with E-state index in [-0.39, 0.29) is 16.7 Å². The number of carbonyl (C=O) groups is 1. The van der Waals surface area contributed by atoms with Crippen molar-refractivity contribution >= 4 is 12.1 Å². The predicted octanol–water partition coefficient (Wildman–Crippen LogP) is 6.40. The van der Waals surface area contributed by atoms with Crippen LogP contribution in [0.15, 0.2) is 35.4 Å². The van der Waals surface area contributed by atoms with Crippen molar-refractivity contribution in [2.75, 3.05) is 27.9 Å². The van der Waals surface area contributed by atoms with Gasteiger partial charge in [-0.15, -0.1) is 0 Å². The molecule has 7 heteroatoms. The van der Waals surface area contributed by atoms with Gasteiger partial charge in [-0.05, 0) is 47.8 Å². The van der Waals surface area contributed by atoms with E-state index in [1.165, 1.54) is 17.3 Å². The van der Waals surface area contributed by atoms with Crippen LogP contribution < -0.4 is 24.4 Å². The van der Waals surface area contributed by atoms with Gasteiger partial charge in [0.15, 0.2) is 11.5 Å². The fraction of sp³-hybridized carbons (Fsp3) is 0.533. The second-order valence-electron chi connectivity index (χ2n) is 10.4. The number of nitrogens with zero attached hydrogens (tertiary/aromatic N) is 1. The molecule has 0 heterocycles. The van der Waals surface area contributed by atoms with E-state index in [4.69, 9.17) is 18.9 Å². The van der Waals surface area contributed by atoms with E-state index in [2.05, 4.69) is 70.3 Å². The normalized spacial score (nSPS) is 11.9. The number of nitrogens with one attached hydrogen (secondary N) is 1. The third kappa shape index (κ3) is 7.88. The fourth-order valence-corrected chi connectivity index (χ4v) is 3.80. The highest BCUT2D eigenvalue weighted by Crippen LogP contribution is 2.38. The van der Waals surface area contributed by atoms with E-state index in [0.717, 1.165) is 18.6 Å². The number of ether oxygens (including phenoxy) is 4. The molecule has 0 unspecified atom stereocenters. The summed E-state index contributed by atoms with van der Waals surface area (Å²) in [4.78, 5) is 12.3. The van der Waals surface area contributed by atoms with E-state index in [9.17, 15) is 4.79 Å². The van der Waals surface area contributed by atoms with Gasteiger partial charge < -0.3 is 18.9 Å². The van der Waals surface area contributed by atoms with Crippen molar-refractivity contribution in [3.63, 3.8) is 0 Å². The summed E-state index contributed by atoms with van der Waals surface area (Å²) in [6.07, 6.45) is 4.47. The van der Waals surface area contributed by atoms with Crippen LogP contribution in [0.1, 0.15) is 83.9 Å². The Hall–Kier alpha value is -3.22. The minimum Gasteiger partial charge on any atom is -0.496 e. The van der Waals surface area contributed by atoms with Gasteiger partial charge in [0.2, 0.25) is 5.91 Å². The van der Waals surface area contributed by atoms with Crippen LogP contribution in [0.5, 0.6) is 23.0 Å². The van der Waals surface area contributed by atoms with Crippen LogP contribution in [0, 0.1) is 0 Å². The van der Waals surface area contributed by atoms with E-state index >= 15 is 0 Å². The van der Waals surface area contributed by atoms with Gasteiger partial charge in [-0.2, -0.15) is 5.10 Å². The number of hydrogen-bond acceptors (Lipinski definition) is 6. The monoisotopic (exact) mass is 512 g/mol. The lowest BCUT2D eigenvalue weighted by molar-refractivity contribution is -0.121. The molecular weight excluding hydrogens is 468 g/mol. The Balaban J connectivity index is 1.98. The number of amides is 1. The highest BCUT2D eigenvalue weighted by molar-refractivity contribution is 5.86. The van der Waals surface area contributed by atoms with E-state index in [0.29, 0.717) is 42.3 Å². The lowest BCUT2D eigenvalue weighted by Crippen LogP contribution is -2.21. The summed E-state index contributed by atoms with van der Waals surface area (Å²) in [6.45, 7) is 13.9. The van der Waals surface area contributed by atoms with E-state index < -0.39 is 0 Å². The molecule has 1 N–H and O–H groups in total. The molecule has 0 aliphatic heterocycles. The summed E-state index contributed by atoms with van der Waals surface area (Å²) < 4.78 is 22.2. The topological polar surface area (TPSA) is 78.4 Å². The van der Waals surface area contributed by atoms with Crippen LogP contribution in [0.4, 0.5) is 0 Å². The van der Waals surface area contributed by atoms with E-state index in [1.807, 2.05) is 0 Å². The van der Waals surface area contributed by atoms with Crippen molar-refractivity contribution in [2.45, 2.75) is 78.1 Å². The van der Waals surface area contributed by atoms with Gasteiger partial charge in [0, 0.05) is 23.6 Å². The zero-order valence-corrected chi connectivity index (χ0v) is 24.0.